The number of amides is 2. The lowest BCUT2D eigenvalue weighted by Gasteiger charge is -2.13. The predicted molar refractivity (Wildman–Crippen MR) is 63.5 cm³/mol. The van der Waals surface area contributed by atoms with Gasteiger partial charge in [0.2, 0.25) is 0 Å². The van der Waals surface area contributed by atoms with E-state index in [1.54, 1.807) is 11.3 Å². The van der Waals surface area contributed by atoms with Crippen LogP contribution in [0.4, 0.5) is 4.79 Å². The zero-order chi connectivity index (χ0) is 11.4. The van der Waals surface area contributed by atoms with Gasteiger partial charge in [0.05, 0.1) is 0 Å². The maximum atomic E-state index is 11.2. The Hall–Kier alpha value is -1.14. The minimum atomic E-state index is 0.0480. The number of thiazole rings is 1. The van der Waals surface area contributed by atoms with Crippen LogP contribution in [-0.4, -0.2) is 42.1 Å². The van der Waals surface area contributed by atoms with Gasteiger partial charge in [-0.25, -0.2) is 9.78 Å². The highest BCUT2D eigenvalue weighted by Gasteiger charge is 2.17. The molecule has 0 spiro atoms. The number of hydrogen-bond donors (Lipinski definition) is 2. The first kappa shape index (κ1) is 11.3. The van der Waals surface area contributed by atoms with Crippen LogP contribution in [0, 0.1) is 6.92 Å². The molecule has 0 radical (unpaired) electrons. The third-order valence-electron chi connectivity index (χ3n) is 2.45. The number of nitrogens with zero attached hydrogens (tertiary/aromatic N) is 2. The van der Waals surface area contributed by atoms with Crippen LogP contribution in [0.3, 0.4) is 0 Å². The lowest BCUT2D eigenvalue weighted by molar-refractivity contribution is 0.217. The van der Waals surface area contributed by atoms with Crippen LogP contribution >= 0.6 is 11.3 Å². The second kappa shape index (κ2) is 5.27. The molecule has 88 valence electrons. The lowest BCUT2D eigenvalue weighted by Crippen LogP contribution is -2.34. The Bertz CT molecular complexity index is 365. The minimum absolute atomic E-state index is 0.0480. The summed E-state index contributed by atoms with van der Waals surface area (Å²) in [4.78, 5) is 17.4. The Morgan fingerprint density at radius 1 is 1.69 bits per heavy atom. The maximum absolute atomic E-state index is 11.2. The molecule has 1 aliphatic heterocycles. The van der Waals surface area contributed by atoms with Crippen LogP contribution < -0.4 is 10.6 Å². The number of carbonyl (C=O) groups is 1. The highest BCUT2D eigenvalue weighted by Crippen LogP contribution is 2.07. The molecule has 1 aliphatic rings. The van der Waals surface area contributed by atoms with Crippen molar-refractivity contribution in [1.29, 1.82) is 0 Å². The van der Waals surface area contributed by atoms with E-state index in [0.717, 1.165) is 43.4 Å². The predicted octanol–water partition coefficient (Wildman–Crippen LogP) is 0.566. The smallest absolute Gasteiger partial charge is 0.317 e. The van der Waals surface area contributed by atoms with Gasteiger partial charge in [-0.3, -0.25) is 0 Å². The molecule has 0 aliphatic carbocycles. The van der Waals surface area contributed by atoms with E-state index in [9.17, 15) is 4.79 Å². The molecule has 0 unspecified atom stereocenters. The average Bonchev–Trinajstić information content (AvgIpc) is 2.83. The van der Waals surface area contributed by atoms with Gasteiger partial charge in [-0.1, -0.05) is 0 Å². The van der Waals surface area contributed by atoms with E-state index in [-0.39, 0.29) is 6.03 Å². The highest BCUT2D eigenvalue weighted by molar-refractivity contribution is 7.09. The van der Waals surface area contributed by atoms with Crippen LogP contribution in [-0.2, 0) is 6.54 Å². The van der Waals surface area contributed by atoms with E-state index >= 15 is 0 Å². The molecule has 1 saturated heterocycles. The SMILES string of the molecule is Cc1csc(CNCCN2CCNC2=O)n1. The van der Waals surface area contributed by atoms with Crippen LogP contribution in [0.5, 0.6) is 0 Å². The Kier molecular flexibility index (Phi) is 3.74. The number of aryl methyl sites for hydroxylation is 1. The number of aromatic nitrogens is 1. The summed E-state index contributed by atoms with van der Waals surface area (Å²) in [6.45, 7) is 5.94. The Balaban J connectivity index is 1.63. The first-order chi connectivity index (χ1) is 7.75. The fraction of sp³-hybridized carbons (Fsp3) is 0.600. The molecule has 1 fully saturated rings. The van der Waals surface area contributed by atoms with Crippen molar-refractivity contribution in [1.82, 2.24) is 20.5 Å². The molecular formula is C10H16N4OS. The largest absolute Gasteiger partial charge is 0.336 e. The van der Waals surface area contributed by atoms with Gasteiger partial charge >= 0.3 is 6.03 Å². The molecule has 1 aromatic heterocycles. The molecule has 2 heterocycles. The van der Waals surface area contributed by atoms with Crippen LogP contribution in [0.15, 0.2) is 5.38 Å². The van der Waals surface area contributed by atoms with Crippen LogP contribution in [0.2, 0.25) is 0 Å². The number of urea groups is 1. The molecule has 5 nitrogen and oxygen atoms in total. The van der Waals surface area contributed by atoms with Gasteiger partial charge < -0.3 is 15.5 Å². The van der Waals surface area contributed by atoms with E-state index in [0.29, 0.717) is 0 Å². The Labute approximate surface area is 98.9 Å². The minimum Gasteiger partial charge on any atom is -0.336 e. The van der Waals surface area contributed by atoms with E-state index in [1.807, 2.05) is 17.2 Å². The first-order valence-corrected chi connectivity index (χ1v) is 6.28. The summed E-state index contributed by atoms with van der Waals surface area (Å²) in [5.41, 5.74) is 1.07. The van der Waals surface area contributed by atoms with Gasteiger partial charge in [-0.05, 0) is 6.92 Å². The van der Waals surface area contributed by atoms with Crippen molar-refractivity contribution in [3.05, 3.63) is 16.1 Å². The number of hydrogen-bond acceptors (Lipinski definition) is 4. The molecule has 2 amide bonds. The van der Waals surface area contributed by atoms with Gasteiger partial charge in [-0.15, -0.1) is 11.3 Å². The zero-order valence-electron chi connectivity index (χ0n) is 9.32. The zero-order valence-corrected chi connectivity index (χ0v) is 10.1. The molecule has 0 bridgehead atoms. The molecule has 2 N–H and O–H groups in total. The summed E-state index contributed by atoms with van der Waals surface area (Å²) in [7, 11) is 0. The summed E-state index contributed by atoms with van der Waals surface area (Å²) in [6.07, 6.45) is 0. The van der Waals surface area contributed by atoms with Gasteiger partial charge in [-0.2, -0.15) is 0 Å². The van der Waals surface area contributed by atoms with Crippen molar-refractivity contribution in [3.8, 4) is 0 Å². The second-order valence-corrected chi connectivity index (χ2v) is 4.72. The van der Waals surface area contributed by atoms with Gasteiger partial charge in [0.1, 0.15) is 5.01 Å². The van der Waals surface area contributed by atoms with Crippen molar-refractivity contribution >= 4 is 17.4 Å². The topological polar surface area (TPSA) is 57.3 Å². The summed E-state index contributed by atoms with van der Waals surface area (Å²) in [5.74, 6) is 0. The monoisotopic (exact) mass is 240 g/mol. The molecule has 2 rings (SSSR count). The Morgan fingerprint density at radius 2 is 2.56 bits per heavy atom. The quantitative estimate of drug-likeness (QED) is 0.740. The summed E-state index contributed by atoms with van der Waals surface area (Å²) in [5, 5.41) is 9.22. The first-order valence-electron chi connectivity index (χ1n) is 5.40. The van der Waals surface area contributed by atoms with E-state index in [1.165, 1.54) is 0 Å². The van der Waals surface area contributed by atoms with E-state index < -0.39 is 0 Å². The average molecular weight is 240 g/mol. The Morgan fingerprint density at radius 3 is 3.19 bits per heavy atom. The van der Waals surface area contributed by atoms with Crippen LogP contribution in [0.25, 0.3) is 0 Å². The number of rotatable bonds is 5. The normalized spacial score (nSPS) is 15.6. The van der Waals surface area contributed by atoms with Gasteiger partial charge in [0.25, 0.3) is 0 Å². The van der Waals surface area contributed by atoms with Gasteiger partial charge in [0.15, 0.2) is 0 Å². The molecule has 16 heavy (non-hydrogen) atoms. The number of nitrogens with one attached hydrogen (secondary N) is 2. The van der Waals surface area contributed by atoms with E-state index in [4.69, 9.17) is 0 Å². The molecule has 0 saturated carbocycles. The van der Waals surface area contributed by atoms with E-state index in [2.05, 4.69) is 15.6 Å². The summed E-state index contributed by atoms with van der Waals surface area (Å²) >= 11 is 1.67. The number of carbonyl (C=O) groups excluding carboxylic acids is 1. The second-order valence-electron chi connectivity index (χ2n) is 3.78. The third-order valence-corrected chi connectivity index (χ3v) is 3.41. The molecule has 0 aromatic carbocycles. The lowest BCUT2D eigenvalue weighted by atomic mass is 10.5. The van der Waals surface area contributed by atoms with Crippen molar-refractivity contribution in [2.45, 2.75) is 13.5 Å². The molecule has 6 heteroatoms. The van der Waals surface area contributed by atoms with Crippen molar-refractivity contribution in [2.75, 3.05) is 26.2 Å². The highest BCUT2D eigenvalue weighted by atomic mass is 32.1. The standard InChI is InChI=1S/C10H16N4OS/c1-8-7-16-9(13-8)6-11-2-4-14-5-3-12-10(14)15/h7,11H,2-6H2,1H3,(H,12,15). The summed E-state index contributed by atoms with van der Waals surface area (Å²) < 4.78 is 0. The summed E-state index contributed by atoms with van der Waals surface area (Å²) in [6, 6.07) is 0.0480. The van der Waals surface area contributed by atoms with Gasteiger partial charge in [0, 0.05) is 43.8 Å². The molecular weight excluding hydrogens is 224 g/mol. The maximum Gasteiger partial charge on any atom is 0.317 e. The molecule has 0 atom stereocenters. The fourth-order valence-electron chi connectivity index (χ4n) is 1.62. The molecule has 1 aromatic rings. The fourth-order valence-corrected chi connectivity index (χ4v) is 2.36. The van der Waals surface area contributed by atoms with Crippen molar-refractivity contribution < 1.29 is 4.79 Å². The van der Waals surface area contributed by atoms with Crippen molar-refractivity contribution in [2.24, 2.45) is 0 Å². The van der Waals surface area contributed by atoms with Crippen LogP contribution in [0.1, 0.15) is 10.7 Å². The van der Waals surface area contributed by atoms with Crippen molar-refractivity contribution in [3.63, 3.8) is 0 Å². The third kappa shape index (κ3) is 2.93.